The second kappa shape index (κ2) is 9.43. The van der Waals surface area contributed by atoms with Crippen LogP contribution in [-0.2, 0) is 4.74 Å². The van der Waals surface area contributed by atoms with Crippen LogP contribution >= 0.6 is 11.3 Å². The van der Waals surface area contributed by atoms with Crippen LogP contribution in [-0.4, -0.2) is 55.2 Å². The molecule has 7 nitrogen and oxygen atoms in total. The lowest BCUT2D eigenvalue weighted by Crippen LogP contribution is -2.40. The standard InChI is InChI=1S/C25H25N3O4S/c1-17-7-8-20-22(15-17)33-25(26-20)28(10-4-9-27-11-13-31-14-12-27)24(30)19-16-32-21-6-3-2-5-18(21)23(19)29/h2-3,5-8,15-16H,4,9-14H2,1H3. The van der Waals surface area contributed by atoms with Crippen molar-refractivity contribution in [3.63, 3.8) is 0 Å². The van der Waals surface area contributed by atoms with E-state index in [2.05, 4.69) is 11.0 Å². The van der Waals surface area contributed by atoms with Gasteiger partial charge in [0.2, 0.25) is 5.43 Å². The van der Waals surface area contributed by atoms with Gasteiger partial charge in [-0.05, 0) is 43.2 Å². The third kappa shape index (κ3) is 4.55. The number of para-hydroxylation sites is 1. The first kappa shape index (κ1) is 21.8. The third-order valence-corrected chi connectivity index (χ3v) is 6.92. The molecule has 0 N–H and O–H groups in total. The van der Waals surface area contributed by atoms with E-state index >= 15 is 0 Å². The van der Waals surface area contributed by atoms with E-state index in [4.69, 9.17) is 14.1 Å². The summed E-state index contributed by atoms with van der Waals surface area (Å²) in [6, 6.07) is 13.0. The Morgan fingerprint density at radius 1 is 1.18 bits per heavy atom. The molecule has 1 aliphatic rings. The summed E-state index contributed by atoms with van der Waals surface area (Å²) in [5.41, 5.74) is 2.15. The molecule has 170 valence electrons. The molecule has 8 heteroatoms. The molecule has 1 amide bonds. The number of ether oxygens (including phenoxy) is 1. The third-order valence-electron chi connectivity index (χ3n) is 5.88. The van der Waals surface area contributed by atoms with Crippen molar-refractivity contribution in [2.45, 2.75) is 13.3 Å². The zero-order valence-corrected chi connectivity index (χ0v) is 19.3. The Hall–Kier alpha value is -3.07. The first-order valence-electron chi connectivity index (χ1n) is 11.1. The summed E-state index contributed by atoms with van der Waals surface area (Å²) in [6.07, 6.45) is 2.04. The molecule has 5 rings (SSSR count). The number of aromatic nitrogens is 1. The van der Waals surface area contributed by atoms with Crippen LogP contribution in [0, 0.1) is 6.92 Å². The minimum absolute atomic E-state index is 0.0236. The van der Waals surface area contributed by atoms with Crippen LogP contribution in [0.5, 0.6) is 0 Å². The van der Waals surface area contributed by atoms with Gasteiger partial charge in [0, 0.05) is 26.2 Å². The highest BCUT2D eigenvalue weighted by Crippen LogP contribution is 2.30. The van der Waals surface area contributed by atoms with Gasteiger partial charge in [-0.2, -0.15) is 0 Å². The Labute approximate surface area is 195 Å². The van der Waals surface area contributed by atoms with Gasteiger partial charge in [0.15, 0.2) is 5.13 Å². The fourth-order valence-electron chi connectivity index (χ4n) is 4.07. The quantitative estimate of drug-likeness (QED) is 0.429. The van der Waals surface area contributed by atoms with E-state index in [1.807, 2.05) is 19.1 Å². The Bertz CT molecular complexity index is 1360. The SMILES string of the molecule is Cc1ccc2nc(N(CCCN3CCOCC3)C(=O)c3coc4ccccc4c3=O)sc2c1. The van der Waals surface area contributed by atoms with E-state index in [1.54, 1.807) is 29.2 Å². The second-order valence-electron chi connectivity index (χ2n) is 8.21. The molecule has 0 atom stereocenters. The molecule has 1 aliphatic heterocycles. The first-order valence-corrected chi connectivity index (χ1v) is 11.9. The van der Waals surface area contributed by atoms with Crippen molar-refractivity contribution in [3.05, 3.63) is 70.1 Å². The molecule has 33 heavy (non-hydrogen) atoms. The Morgan fingerprint density at radius 3 is 2.85 bits per heavy atom. The predicted molar refractivity (Wildman–Crippen MR) is 130 cm³/mol. The predicted octanol–water partition coefficient (Wildman–Crippen LogP) is 4.08. The lowest BCUT2D eigenvalue weighted by Gasteiger charge is -2.27. The van der Waals surface area contributed by atoms with E-state index in [-0.39, 0.29) is 16.9 Å². The van der Waals surface area contributed by atoms with Gasteiger partial charge in [-0.25, -0.2) is 4.98 Å². The van der Waals surface area contributed by atoms with Crippen LogP contribution in [0.3, 0.4) is 0 Å². The Morgan fingerprint density at radius 2 is 2.00 bits per heavy atom. The van der Waals surface area contributed by atoms with Crippen molar-refractivity contribution in [3.8, 4) is 0 Å². The van der Waals surface area contributed by atoms with E-state index in [0.29, 0.717) is 22.6 Å². The minimum atomic E-state index is -0.382. The molecule has 0 unspecified atom stereocenters. The molecular weight excluding hydrogens is 438 g/mol. The van der Waals surface area contributed by atoms with Crippen molar-refractivity contribution in [2.24, 2.45) is 0 Å². The van der Waals surface area contributed by atoms with Gasteiger partial charge >= 0.3 is 0 Å². The zero-order valence-electron chi connectivity index (χ0n) is 18.5. The van der Waals surface area contributed by atoms with Gasteiger partial charge in [0.05, 0.1) is 28.8 Å². The molecule has 1 saturated heterocycles. The van der Waals surface area contributed by atoms with Crippen molar-refractivity contribution in [2.75, 3.05) is 44.3 Å². The summed E-state index contributed by atoms with van der Waals surface area (Å²) in [5, 5.41) is 0.992. The summed E-state index contributed by atoms with van der Waals surface area (Å²) >= 11 is 1.47. The Kier molecular flexibility index (Phi) is 6.22. The van der Waals surface area contributed by atoms with Gasteiger partial charge in [-0.1, -0.05) is 29.5 Å². The van der Waals surface area contributed by atoms with Gasteiger partial charge in [-0.3, -0.25) is 19.4 Å². The maximum Gasteiger partial charge on any atom is 0.267 e. The van der Waals surface area contributed by atoms with Crippen LogP contribution < -0.4 is 10.3 Å². The van der Waals surface area contributed by atoms with Gasteiger partial charge in [0.1, 0.15) is 17.4 Å². The number of hydrogen-bond acceptors (Lipinski definition) is 7. The number of amides is 1. The number of carbonyl (C=O) groups excluding carboxylic acids is 1. The number of nitrogens with zero attached hydrogens (tertiary/aromatic N) is 3. The van der Waals surface area contributed by atoms with Crippen molar-refractivity contribution in [1.82, 2.24) is 9.88 Å². The number of benzene rings is 2. The van der Waals surface area contributed by atoms with Crippen LogP contribution in [0.2, 0.25) is 0 Å². The number of morpholine rings is 1. The molecular formula is C25H25N3O4S. The average molecular weight is 464 g/mol. The maximum absolute atomic E-state index is 13.6. The number of anilines is 1. The molecule has 2 aromatic carbocycles. The maximum atomic E-state index is 13.6. The van der Waals surface area contributed by atoms with Crippen LogP contribution in [0.4, 0.5) is 5.13 Å². The van der Waals surface area contributed by atoms with Crippen molar-refractivity contribution >= 4 is 43.6 Å². The monoisotopic (exact) mass is 463 g/mol. The molecule has 0 aliphatic carbocycles. The highest BCUT2D eigenvalue weighted by molar-refractivity contribution is 7.22. The number of fused-ring (bicyclic) bond motifs is 2. The fraction of sp³-hybridized carbons (Fsp3) is 0.320. The highest BCUT2D eigenvalue weighted by atomic mass is 32.1. The van der Waals surface area contributed by atoms with E-state index < -0.39 is 0 Å². The van der Waals surface area contributed by atoms with E-state index in [1.165, 1.54) is 17.6 Å². The fourth-order valence-corrected chi connectivity index (χ4v) is 5.16. The highest BCUT2D eigenvalue weighted by Gasteiger charge is 2.25. The number of thiazole rings is 1. The average Bonchev–Trinajstić information content (AvgIpc) is 3.25. The van der Waals surface area contributed by atoms with Crippen LogP contribution in [0.25, 0.3) is 21.2 Å². The lowest BCUT2D eigenvalue weighted by atomic mass is 10.1. The number of hydrogen-bond donors (Lipinski definition) is 0. The van der Waals surface area contributed by atoms with Crippen LogP contribution in [0.1, 0.15) is 22.3 Å². The molecule has 0 bridgehead atoms. The Balaban J connectivity index is 1.47. The molecule has 3 heterocycles. The first-order chi connectivity index (χ1) is 16.1. The van der Waals surface area contributed by atoms with Gasteiger partial charge in [0.25, 0.3) is 5.91 Å². The molecule has 2 aromatic heterocycles. The molecule has 0 saturated carbocycles. The normalized spacial score (nSPS) is 14.7. The summed E-state index contributed by atoms with van der Waals surface area (Å²) in [6.45, 7) is 6.59. The number of rotatable bonds is 6. The zero-order chi connectivity index (χ0) is 22.8. The van der Waals surface area contributed by atoms with E-state index in [9.17, 15) is 9.59 Å². The lowest BCUT2D eigenvalue weighted by molar-refractivity contribution is 0.0376. The van der Waals surface area contributed by atoms with Crippen molar-refractivity contribution < 1.29 is 13.9 Å². The molecule has 1 fully saturated rings. The number of carbonyl (C=O) groups is 1. The second-order valence-corrected chi connectivity index (χ2v) is 9.22. The smallest absolute Gasteiger partial charge is 0.267 e. The minimum Gasteiger partial charge on any atom is -0.463 e. The van der Waals surface area contributed by atoms with E-state index in [0.717, 1.165) is 55.0 Å². The summed E-state index contributed by atoms with van der Waals surface area (Å²) < 4.78 is 12.1. The summed E-state index contributed by atoms with van der Waals surface area (Å²) in [5.74, 6) is -0.382. The largest absolute Gasteiger partial charge is 0.463 e. The van der Waals surface area contributed by atoms with Crippen molar-refractivity contribution in [1.29, 1.82) is 0 Å². The number of aryl methyl sites for hydroxylation is 1. The molecule has 4 aromatic rings. The van der Waals surface area contributed by atoms with Gasteiger partial charge in [-0.15, -0.1) is 0 Å². The summed E-state index contributed by atoms with van der Waals surface area (Å²) in [4.78, 5) is 35.4. The topological polar surface area (TPSA) is 75.9 Å². The van der Waals surface area contributed by atoms with Crippen LogP contribution in [0.15, 0.2) is 57.9 Å². The van der Waals surface area contributed by atoms with Gasteiger partial charge < -0.3 is 9.15 Å². The molecule has 0 radical (unpaired) electrons. The summed E-state index contributed by atoms with van der Waals surface area (Å²) in [7, 11) is 0. The molecule has 0 spiro atoms.